The maximum Gasteiger partial charge on any atom is 0.259 e. The molecule has 0 aliphatic rings. The van der Waals surface area contributed by atoms with Gasteiger partial charge in [-0.05, 0) is 35.9 Å². The number of carbonyl (C=O) groups is 2. The van der Waals surface area contributed by atoms with Gasteiger partial charge < -0.3 is 19.5 Å². The summed E-state index contributed by atoms with van der Waals surface area (Å²) in [5.41, 5.74) is 3.46. The number of nitrogens with one attached hydrogen (secondary N) is 2. The lowest BCUT2D eigenvalue weighted by Crippen LogP contribution is -2.34. The van der Waals surface area contributed by atoms with Crippen molar-refractivity contribution < 1.29 is 23.8 Å². The Morgan fingerprint density at radius 1 is 1.00 bits per heavy atom. The van der Waals surface area contributed by atoms with E-state index in [0.717, 1.165) is 5.56 Å². The fourth-order valence-corrected chi connectivity index (χ4v) is 2.18. The van der Waals surface area contributed by atoms with Crippen molar-refractivity contribution in [2.24, 2.45) is 5.10 Å². The number of hydrazone groups is 1. The summed E-state index contributed by atoms with van der Waals surface area (Å²) in [5.74, 6) is 0.759. The van der Waals surface area contributed by atoms with Gasteiger partial charge in [0.2, 0.25) is 0 Å². The van der Waals surface area contributed by atoms with Gasteiger partial charge in [-0.2, -0.15) is 5.10 Å². The summed E-state index contributed by atoms with van der Waals surface area (Å²) in [6.07, 6.45) is 1.48. The minimum Gasteiger partial charge on any atom is -0.497 e. The Kier molecular flexibility index (Phi) is 7.18. The standard InChI is InChI=1S/C19H21N3O5/c1-25-15-6-4-5-13(9-15)11-21-22-18(23)12-20-19(24)14-7-8-16(26-2)17(10-14)27-3/h4-11H,12H2,1-3H3,(H,20,24)(H,22,23)/b21-11-. The summed E-state index contributed by atoms with van der Waals surface area (Å²) >= 11 is 0. The second-order valence-corrected chi connectivity index (χ2v) is 5.32. The van der Waals surface area contributed by atoms with Crippen molar-refractivity contribution in [3.05, 3.63) is 53.6 Å². The third-order valence-electron chi connectivity index (χ3n) is 3.55. The summed E-state index contributed by atoms with van der Waals surface area (Å²) in [4.78, 5) is 23.9. The highest BCUT2D eigenvalue weighted by Crippen LogP contribution is 2.27. The smallest absolute Gasteiger partial charge is 0.259 e. The van der Waals surface area contributed by atoms with Crippen LogP contribution in [0.2, 0.25) is 0 Å². The number of rotatable bonds is 8. The van der Waals surface area contributed by atoms with Gasteiger partial charge in [-0.15, -0.1) is 0 Å². The highest BCUT2D eigenvalue weighted by molar-refractivity contribution is 5.97. The molecule has 8 heteroatoms. The molecule has 27 heavy (non-hydrogen) atoms. The first-order valence-corrected chi connectivity index (χ1v) is 8.03. The maximum atomic E-state index is 12.1. The lowest BCUT2D eigenvalue weighted by Gasteiger charge is -2.09. The van der Waals surface area contributed by atoms with Crippen LogP contribution in [0.15, 0.2) is 47.6 Å². The number of ether oxygens (including phenoxy) is 3. The molecule has 8 nitrogen and oxygen atoms in total. The second-order valence-electron chi connectivity index (χ2n) is 5.32. The number of nitrogens with zero attached hydrogens (tertiary/aromatic N) is 1. The molecule has 142 valence electrons. The molecule has 0 aliphatic heterocycles. The van der Waals surface area contributed by atoms with Gasteiger partial charge in [0.05, 0.1) is 34.1 Å². The molecule has 2 aromatic carbocycles. The van der Waals surface area contributed by atoms with E-state index in [1.165, 1.54) is 26.5 Å². The molecule has 0 saturated carbocycles. The molecule has 0 atom stereocenters. The molecule has 2 rings (SSSR count). The first-order valence-electron chi connectivity index (χ1n) is 8.03. The predicted octanol–water partition coefficient (Wildman–Crippen LogP) is 1.59. The van der Waals surface area contributed by atoms with Gasteiger partial charge >= 0.3 is 0 Å². The molecular weight excluding hydrogens is 350 g/mol. The quantitative estimate of drug-likeness (QED) is 0.542. The van der Waals surface area contributed by atoms with Crippen LogP contribution in [0.4, 0.5) is 0 Å². The summed E-state index contributed by atoms with van der Waals surface area (Å²) in [5, 5.41) is 6.36. The molecule has 0 aromatic heterocycles. The molecule has 2 amide bonds. The fraction of sp³-hybridized carbons (Fsp3) is 0.211. The highest BCUT2D eigenvalue weighted by Gasteiger charge is 2.11. The van der Waals surface area contributed by atoms with Crippen LogP contribution in [0.25, 0.3) is 0 Å². The van der Waals surface area contributed by atoms with Crippen LogP contribution in [-0.4, -0.2) is 45.9 Å². The molecule has 0 radical (unpaired) electrons. The Morgan fingerprint density at radius 2 is 1.78 bits per heavy atom. The zero-order valence-corrected chi connectivity index (χ0v) is 15.3. The zero-order valence-electron chi connectivity index (χ0n) is 15.3. The Bertz CT molecular complexity index is 836. The van der Waals surface area contributed by atoms with Gasteiger partial charge in [0.25, 0.3) is 11.8 Å². The highest BCUT2D eigenvalue weighted by atomic mass is 16.5. The molecule has 0 bridgehead atoms. The molecule has 2 aromatic rings. The van der Waals surface area contributed by atoms with Gasteiger partial charge in [-0.1, -0.05) is 12.1 Å². The van der Waals surface area contributed by atoms with E-state index >= 15 is 0 Å². The Hall–Kier alpha value is -3.55. The maximum absolute atomic E-state index is 12.1. The topological polar surface area (TPSA) is 98.2 Å². The molecule has 0 aliphatic carbocycles. The van der Waals surface area contributed by atoms with Crippen molar-refractivity contribution in [3.8, 4) is 17.2 Å². The van der Waals surface area contributed by atoms with E-state index in [9.17, 15) is 9.59 Å². The van der Waals surface area contributed by atoms with Crippen LogP contribution in [0.3, 0.4) is 0 Å². The lowest BCUT2D eigenvalue weighted by molar-refractivity contribution is -0.120. The van der Waals surface area contributed by atoms with Crippen LogP contribution >= 0.6 is 0 Å². The van der Waals surface area contributed by atoms with E-state index in [1.54, 1.807) is 31.4 Å². The van der Waals surface area contributed by atoms with Crippen LogP contribution < -0.4 is 25.0 Å². The minimum atomic E-state index is -0.456. The Balaban J connectivity index is 1.86. The zero-order chi connectivity index (χ0) is 19.6. The summed E-state index contributed by atoms with van der Waals surface area (Å²) < 4.78 is 15.4. The largest absolute Gasteiger partial charge is 0.497 e. The van der Waals surface area contributed by atoms with Gasteiger partial charge in [0, 0.05) is 5.56 Å². The number of hydrogen-bond donors (Lipinski definition) is 2. The SMILES string of the molecule is COc1cccc(/C=N\NC(=O)CNC(=O)c2ccc(OC)c(OC)c2)c1. The van der Waals surface area contributed by atoms with Crippen molar-refractivity contribution in [3.63, 3.8) is 0 Å². The third kappa shape index (κ3) is 5.74. The van der Waals surface area contributed by atoms with Crippen LogP contribution in [0.5, 0.6) is 17.2 Å². The number of carbonyl (C=O) groups excluding carboxylic acids is 2. The van der Waals surface area contributed by atoms with Gasteiger partial charge in [0.1, 0.15) is 5.75 Å². The Labute approximate surface area is 157 Å². The van der Waals surface area contributed by atoms with Gasteiger partial charge in [0.15, 0.2) is 11.5 Å². The van der Waals surface area contributed by atoms with Crippen molar-refractivity contribution in [2.45, 2.75) is 0 Å². The normalized spacial score (nSPS) is 10.3. The molecular formula is C19H21N3O5. The number of methoxy groups -OCH3 is 3. The van der Waals surface area contributed by atoms with E-state index in [2.05, 4.69) is 15.8 Å². The van der Waals surface area contributed by atoms with E-state index < -0.39 is 11.8 Å². The van der Waals surface area contributed by atoms with Crippen LogP contribution in [0.1, 0.15) is 15.9 Å². The van der Waals surface area contributed by atoms with E-state index in [1.807, 2.05) is 12.1 Å². The van der Waals surface area contributed by atoms with E-state index in [0.29, 0.717) is 22.8 Å². The van der Waals surface area contributed by atoms with Crippen molar-refractivity contribution >= 4 is 18.0 Å². The van der Waals surface area contributed by atoms with Gasteiger partial charge in [-0.3, -0.25) is 9.59 Å². The van der Waals surface area contributed by atoms with Crippen LogP contribution in [0, 0.1) is 0 Å². The summed E-state index contributed by atoms with van der Waals surface area (Å²) in [6.45, 7) is -0.220. The van der Waals surface area contributed by atoms with Gasteiger partial charge in [-0.25, -0.2) is 5.43 Å². The summed E-state index contributed by atoms with van der Waals surface area (Å²) in [7, 11) is 4.56. The minimum absolute atomic E-state index is 0.220. The van der Waals surface area contributed by atoms with Crippen molar-refractivity contribution in [1.29, 1.82) is 0 Å². The van der Waals surface area contributed by atoms with Crippen molar-refractivity contribution in [1.82, 2.24) is 10.7 Å². The lowest BCUT2D eigenvalue weighted by atomic mass is 10.2. The molecule has 0 heterocycles. The van der Waals surface area contributed by atoms with Crippen molar-refractivity contribution in [2.75, 3.05) is 27.9 Å². The Morgan fingerprint density at radius 3 is 2.48 bits per heavy atom. The van der Waals surface area contributed by atoms with Crippen LogP contribution in [-0.2, 0) is 4.79 Å². The first-order chi connectivity index (χ1) is 13.1. The van der Waals surface area contributed by atoms with E-state index in [-0.39, 0.29) is 6.54 Å². The number of amides is 2. The van der Waals surface area contributed by atoms with E-state index in [4.69, 9.17) is 14.2 Å². The first kappa shape index (κ1) is 19.8. The molecule has 0 saturated heterocycles. The predicted molar refractivity (Wildman–Crippen MR) is 101 cm³/mol. The average Bonchev–Trinajstić information content (AvgIpc) is 2.71. The second kappa shape index (κ2) is 9.81. The summed E-state index contributed by atoms with van der Waals surface area (Å²) in [6, 6.07) is 11.9. The molecule has 0 fully saturated rings. The molecule has 0 spiro atoms. The number of benzene rings is 2. The average molecular weight is 371 g/mol. The fourth-order valence-electron chi connectivity index (χ4n) is 2.18. The number of hydrogen-bond acceptors (Lipinski definition) is 6. The monoisotopic (exact) mass is 371 g/mol. The third-order valence-corrected chi connectivity index (χ3v) is 3.55. The molecule has 2 N–H and O–H groups in total. The molecule has 0 unspecified atom stereocenters.